The Labute approximate surface area is 127 Å². The quantitative estimate of drug-likeness (QED) is 0.928. The van der Waals surface area contributed by atoms with Crippen molar-refractivity contribution < 1.29 is 4.79 Å². The molecular weight excluding hydrogens is 262 g/mol. The molecule has 0 radical (unpaired) electrons. The molecule has 1 atom stereocenters. The monoisotopic (exact) mass is 287 g/mol. The second kappa shape index (κ2) is 6.48. The van der Waals surface area contributed by atoms with Crippen LogP contribution >= 0.6 is 0 Å². The summed E-state index contributed by atoms with van der Waals surface area (Å²) in [6.45, 7) is 3.32. The fourth-order valence-electron chi connectivity index (χ4n) is 3.36. The number of hydrogen-bond donors (Lipinski definition) is 1. The molecule has 2 fully saturated rings. The Hall–Kier alpha value is -1.55. The van der Waals surface area contributed by atoms with Crippen LogP contribution < -0.4 is 10.2 Å². The van der Waals surface area contributed by atoms with Gasteiger partial charge in [-0.1, -0.05) is 6.42 Å². The summed E-state index contributed by atoms with van der Waals surface area (Å²) in [7, 11) is 2.04. The zero-order valence-electron chi connectivity index (χ0n) is 12.8. The molecule has 1 unspecified atom stereocenters. The lowest BCUT2D eigenvalue weighted by atomic mass is 10.0. The molecule has 1 aromatic carbocycles. The summed E-state index contributed by atoms with van der Waals surface area (Å²) < 4.78 is 0. The molecule has 0 saturated carbocycles. The van der Waals surface area contributed by atoms with Crippen molar-refractivity contribution in [2.75, 3.05) is 36.9 Å². The van der Waals surface area contributed by atoms with Crippen molar-refractivity contribution in [1.82, 2.24) is 4.90 Å². The van der Waals surface area contributed by atoms with E-state index in [9.17, 15) is 4.79 Å². The van der Waals surface area contributed by atoms with Crippen molar-refractivity contribution in [1.29, 1.82) is 0 Å². The van der Waals surface area contributed by atoms with E-state index in [4.69, 9.17) is 0 Å². The van der Waals surface area contributed by atoms with Crippen LogP contribution in [-0.2, 0) is 4.79 Å². The van der Waals surface area contributed by atoms with Gasteiger partial charge in [0.15, 0.2) is 0 Å². The first-order valence-electron chi connectivity index (χ1n) is 8.10. The lowest BCUT2D eigenvalue weighted by Gasteiger charge is -2.31. The molecule has 0 aliphatic carbocycles. The Bertz CT molecular complexity index is 479. The second-order valence-corrected chi connectivity index (χ2v) is 6.22. The standard InChI is InChI=1S/C17H25N3O/c1-19-11-3-2-6-16(19)17(21)18-14-7-9-15(10-8-14)20-12-4-5-13-20/h7-10,16H,2-6,11-13H2,1H3,(H,18,21). The zero-order chi connectivity index (χ0) is 14.7. The van der Waals surface area contributed by atoms with Crippen molar-refractivity contribution in [3.05, 3.63) is 24.3 Å². The van der Waals surface area contributed by atoms with Crippen LogP contribution in [0.1, 0.15) is 32.1 Å². The Balaban J connectivity index is 1.60. The van der Waals surface area contributed by atoms with Crippen LogP contribution in [0.25, 0.3) is 0 Å². The van der Waals surface area contributed by atoms with Gasteiger partial charge < -0.3 is 10.2 Å². The third-order valence-corrected chi connectivity index (χ3v) is 4.68. The molecule has 0 spiro atoms. The highest BCUT2D eigenvalue weighted by Crippen LogP contribution is 2.23. The van der Waals surface area contributed by atoms with E-state index in [1.165, 1.54) is 24.9 Å². The van der Waals surface area contributed by atoms with Gasteiger partial charge in [-0.25, -0.2) is 0 Å². The van der Waals surface area contributed by atoms with Gasteiger partial charge in [0, 0.05) is 24.5 Å². The smallest absolute Gasteiger partial charge is 0.241 e. The molecule has 0 bridgehead atoms. The van der Waals surface area contributed by atoms with E-state index in [0.717, 1.165) is 38.2 Å². The minimum Gasteiger partial charge on any atom is -0.372 e. The van der Waals surface area contributed by atoms with Crippen molar-refractivity contribution >= 4 is 17.3 Å². The molecule has 1 aromatic rings. The lowest BCUT2D eigenvalue weighted by Crippen LogP contribution is -2.44. The van der Waals surface area contributed by atoms with E-state index in [-0.39, 0.29) is 11.9 Å². The Morgan fingerprint density at radius 2 is 1.71 bits per heavy atom. The molecule has 4 heteroatoms. The highest BCUT2D eigenvalue weighted by molar-refractivity contribution is 5.95. The van der Waals surface area contributed by atoms with E-state index in [2.05, 4.69) is 27.2 Å². The first kappa shape index (κ1) is 14.4. The average Bonchev–Trinajstić information content (AvgIpc) is 3.02. The summed E-state index contributed by atoms with van der Waals surface area (Å²) >= 11 is 0. The molecular formula is C17H25N3O. The third-order valence-electron chi connectivity index (χ3n) is 4.68. The number of nitrogens with one attached hydrogen (secondary N) is 1. The fraction of sp³-hybridized carbons (Fsp3) is 0.588. The largest absolute Gasteiger partial charge is 0.372 e. The molecule has 2 aliphatic rings. The molecule has 2 heterocycles. The number of carbonyl (C=O) groups is 1. The van der Waals surface area contributed by atoms with E-state index in [0.29, 0.717) is 0 Å². The third kappa shape index (κ3) is 3.38. The van der Waals surface area contributed by atoms with Gasteiger partial charge in [-0.05, 0) is 63.5 Å². The Morgan fingerprint density at radius 3 is 2.38 bits per heavy atom. The molecule has 1 amide bonds. The molecule has 1 N–H and O–H groups in total. The summed E-state index contributed by atoms with van der Waals surface area (Å²) in [5, 5.41) is 3.06. The number of benzene rings is 1. The van der Waals surface area contributed by atoms with Gasteiger partial charge in [0.05, 0.1) is 6.04 Å². The SMILES string of the molecule is CN1CCCCC1C(=O)Nc1ccc(N2CCCC2)cc1. The number of hydrogen-bond acceptors (Lipinski definition) is 3. The van der Waals surface area contributed by atoms with Crippen molar-refractivity contribution in [3.63, 3.8) is 0 Å². The Kier molecular flexibility index (Phi) is 4.44. The van der Waals surface area contributed by atoms with E-state index < -0.39 is 0 Å². The molecule has 0 aromatic heterocycles. The molecule has 2 aliphatic heterocycles. The first-order valence-corrected chi connectivity index (χ1v) is 8.10. The minimum atomic E-state index is 0.0250. The van der Waals surface area contributed by atoms with Crippen LogP contribution in [0.5, 0.6) is 0 Å². The summed E-state index contributed by atoms with van der Waals surface area (Å²) in [6, 6.07) is 8.30. The van der Waals surface area contributed by atoms with E-state index >= 15 is 0 Å². The van der Waals surface area contributed by atoms with E-state index in [1.807, 2.05) is 19.2 Å². The molecule has 114 valence electrons. The predicted molar refractivity (Wildman–Crippen MR) is 86.8 cm³/mol. The number of anilines is 2. The van der Waals surface area contributed by atoms with Gasteiger partial charge in [0.25, 0.3) is 0 Å². The van der Waals surface area contributed by atoms with Crippen LogP contribution in [0, 0.1) is 0 Å². The second-order valence-electron chi connectivity index (χ2n) is 6.22. The maximum atomic E-state index is 12.4. The van der Waals surface area contributed by atoms with E-state index in [1.54, 1.807) is 0 Å². The molecule has 2 saturated heterocycles. The maximum absolute atomic E-state index is 12.4. The number of piperidine rings is 1. The normalized spacial score (nSPS) is 23.3. The van der Waals surface area contributed by atoms with Crippen LogP contribution in [-0.4, -0.2) is 43.5 Å². The topological polar surface area (TPSA) is 35.6 Å². The van der Waals surface area contributed by atoms with Gasteiger partial charge in [0.2, 0.25) is 5.91 Å². The average molecular weight is 287 g/mol. The van der Waals surface area contributed by atoms with Crippen LogP contribution in [0.2, 0.25) is 0 Å². The van der Waals surface area contributed by atoms with Crippen molar-refractivity contribution in [2.45, 2.75) is 38.1 Å². The summed E-state index contributed by atoms with van der Waals surface area (Å²) in [5.74, 6) is 0.131. The predicted octanol–water partition coefficient (Wildman–Crippen LogP) is 2.71. The summed E-state index contributed by atoms with van der Waals surface area (Å²) in [5.41, 5.74) is 2.17. The van der Waals surface area contributed by atoms with Crippen LogP contribution in [0.3, 0.4) is 0 Å². The molecule has 21 heavy (non-hydrogen) atoms. The number of likely N-dealkylation sites (tertiary alicyclic amines) is 1. The summed E-state index contributed by atoms with van der Waals surface area (Å²) in [4.78, 5) is 16.9. The highest BCUT2D eigenvalue weighted by Gasteiger charge is 2.25. The maximum Gasteiger partial charge on any atom is 0.241 e. The lowest BCUT2D eigenvalue weighted by molar-refractivity contribution is -0.121. The van der Waals surface area contributed by atoms with Gasteiger partial charge in [-0.3, -0.25) is 9.69 Å². The number of amides is 1. The molecule has 4 nitrogen and oxygen atoms in total. The van der Waals surface area contributed by atoms with Gasteiger partial charge in [0.1, 0.15) is 0 Å². The number of likely N-dealkylation sites (N-methyl/N-ethyl adjacent to an activating group) is 1. The van der Waals surface area contributed by atoms with Crippen molar-refractivity contribution in [2.24, 2.45) is 0 Å². The van der Waals surface area contributed by atoms with Crippen LogP contribution in [0.15, 0.2) is 24.3 Å². The van der Waals surface area contributed by atoms with Gasteiger partial charge >= 0.3 is 0 Å². The fourth-order valence-corrected chi connectivity index (χ4v) is 3.36. The number of carbonyl (C=O) groups excluding carboxylic acids is 1. The number of rotatable bonds is 3. The highest BCUT2D eigenvalue weighted by atomic mass is 16.2. The zero-order valence-corrected chi connectivity index (χ0v) is 12.8. The minimum absolute atomic E-state index is 0.0250. The van der Waals surface area contributed by atoms with Crippen LogP contribution in [0.4, 0.5) is 11.4 Å². The van der Waals surface area contributed by atoms with Crippen molar-refractivity contribution in [3.8, 4) is 0 Å². The molecule has 3 rings (SSSR count). The Morgan fingerprint density at radius 1 is 1.05 bits per heavy atom. The van der Waals surface area contributed by atoms with Gasteiger partial charge in [-0.2, -0.15) is 0 Å². The van der Waals surface area contributed by atoms with Gasteiger partial charge in [-0.15, -0.1) is 0 Å². The number of nitrogens with zero attached hydrogens (tertiary/aromatic N) is 2. The summed E-state index contributed by atoms with van der Waals surface area (Å²) in [6.07, 6.45) is 5.88. The first-order chi connectivity index (χ1) is 10.2.